The number of piperidine rings is 1. The normalized spacial score (nSPS) is 17.5. The standard InChI is InChI=1S/C32H37N5O5S/c1-6-34(7-2)31(39)28-21(4)33-32-36(29(28)24-10-8-9-11-26(24)42-5)30(38)27(43-32)19-22-18-23(37(40)41)12-13-25(22)35-16-14-20(3)15-17-35/h8-13,18-20,29H,6-7,14-17H2,1-5H3/b27-19-/t29-/m0/s1. The van der Waals surface area contributed by atoms with Crippen LogP contribution in [0.1, 0.15) is 57.7 Å². The molecular weight excluding hydrogens is 566 g/mol. The van der Waals surface area contributed by atoms with E-state index in [2.05, 4.69) is 11.8 Å². The summed E-state index contributed by atoms with van der Waals surface area (Å²) in [7, 11) is 1.57. The number of rotatable bonds is 8. The van der Waals surface area contributed by atoms with Crippen LogP contribution < -0.4 is 24.5 Å². The Morgan fingerprint density at radius 1 is 1.19 bits per heavy atom. The SMILES string of the molecule is CCN(CC)C(=O)C1=C(C)N=c2s/c(=C\c3cc([N+](=O)[O-])ccc3N3CCC(C)CC3)c(=O)n2[C@H]1c1ccccc1OC. The van der Waals surface area contributed by atoms with Gasteiger partial charge in [-0.15, -0.1) is 0 Å². The number of hydrogen-bond donors (Lipinski definition) is 0. The number of allylic oxidation sites excluding steroid dienone is 1. The molecule has 43 heavy (non-hydrogen) atoms. The Balaban J connectivity index is 1.73. The van der Waals surface area contributed by atoms with Crippen LogP contribution in [0, 0.1) is 16.0 Å². The van der Waals surface area contributed by atoms with E-state index in [-0.39, 0.29) is 17.2 Å². The molecule has 2 aliphatic heterocycles. The van der Waals surface area contributed by atoms with Crippen molar-refractivity contribution in [3.8, 4) is 5.75 Å². The highest BCUT2D eigenvalue weighted by Crippen LogP contribution is 2.36. The van der Waals surface area contributed by atoms with Gasteiger partial charge in [0.15, 0.2) is 4.80 Å². The van der Waals surface area contributed by atoms with E-state index >= 15 is 0 Å². The minimum Gasteiger partial charge on any atom is -0.496 e. The maximum atomic E-state index is 14.3. The zero-order valence-electron chi connectivity index (χ0n) is 25.2. The molecule has 3 aromatic rings. The Hall–Kier alpha value is -4.25. The molecule has 10 nitrogen and oxygen atoms in total. The molecule has 2 aliphatic rings. The number of carbonyl (C=O) groups is 1. The number of nitrogens with zero attached hydrogens (tertiary/aromatic N) is 5. The van der Waals surface area contributed by atoms with Crippen LogP contribution in [0.15, 0.2) is 63.5 Å². The average molecular weight is 604 g/mol. The number of para-hydroxylation sites is 1. The number of carbonyl (C=O) groups excluding carboxylic acids is 1. The first-order chi connectivity index (χ1) is 20.7. The summed E-state index contributed by atoms with van der Waals surface area (Å²) in [5.74, 6) is 0.992. The number of aromatic nitrogens is 1. The van der Waals surface area contributed by atoms with Crippen molar-refractivity contribution in [1.82, 2.24) is 9.47 Å². The summed E-state index contributed by atoms with van der Waals surface area (Å²) in [5.41, 5.74) is 2.76. The number of amides is 1. The van der Waals surface area contributed by atoms with Gasteiger partial charge in [0, 0.05) is 55.1 Å². The van der Waals surface area contributed by atoms with Gasteiger partial charge < -0.3 is 14.5 Å². The number of benzene rings is 2. The topological polar surface area (TPSA) is 110 Å². The molecule has 226 valence electrons. The third-order valence-corrected chi connectivity index (χ3v) is 9.35. The number of thiazole rings is 1. The molecular formula is C32H37N5O5S. The molecule has 11 heteroatoms. The molecule has 0 spiro atoms. The van der Waals surface area contributed by atoms with Crippen LogP contribution in [0.5, 0.6) is 5.75 Å². The molecule has 1 saturated heterocycles. The molecule has 0 N–H and O–H groups in total. The average Bonchev–Trinajstić information content (AvgIpc) is 3.31. The second-order valence-corrected chi connectivity index (χ2v) is 12.0. The molecule has 2 aromatic carbocycles. The fraction of sp³-hybridized carbons (Fsp3) is 0.406. The number of ether oxygens (including phenoxy) is 1. The zero-order valence-corrected chi connectivity index (χ0v) is 26.0. The van der Waals surface area contributed by atoms with Crippen molar-refractivity contribution in [3.63, 3.8) is 0 Å². The Kier molecular flexibility index (Phi) is 8.82. The molecule has 0 unspecified atom stereocenters. The van der Waals surface area contributed by atoms with Crippen molar-refractivity contribution in [2.24, 2.45) is 10.9 Å². The molecule has 3 heterocycles. The highest BCUT2D eigenvalue weighted by atomic mass is 32.1. The lowest BCUT2D eigenvalue weighted by atomic mass is 9.94. The summed E-state index contributed by atoms with van der Waals surface area (Å²) < 4.78 is 7.64. The summed E-state index contributed by atoms with van der Waals surface area (Å²) in [6.45, 7) is 10.6. The monoisotopic (exact) mass is 603 g/mol. The number of methoxy groups -OCH3 is 1. The van der Waals surface area contributed by atoms with Crippen LogP contribution in [-0.2, 0) is 4.79 Å². The third-order valence-electron chi connectivity index (χ3n) is 8.37. The van der Waals surface area contributed by atoms with E-state index in [9.17, 15) is 19.7 Å². The molecule has 1 amide bonds. The van der Waals surface area contributed by atoms with Crippen molar-refractivity contribution in [2.75, 3.05) is 38.2 Å². The van der Waals surface area contributed by atoms with Gasteiger partial charge in [0.2, 0.25) is 0 Å². The first-order valence-electron chi connectivity index (χ1n) is 14.7. The molecule has 0 bridgehead atoms. The van der Waals surface area contributed by atoms with Crippen molar-refractivity contribution in [2.45, 2.75) is 46.6 Å². The molecule has 0 aliphatic carbocycles. The van der Waals surface area contributed by atoms with Crippen molar-refractivity contribution >= 4 is 34.7 Å². The van der Waals surface area contributed by atoms with Crippen LogP contribution >= 0.6 is 11.3 Å². The summed E-state index contributed by atoms with van der Waals surface area (Å²) in [5, 5.41) is 11.7. The second kappa shape index (κ2) is 12.5. The molecule has 1 fully saturated rings. The second-order valence-electron chi connectivity index (χ2n) is 11.0. The Morgan fingerprint density at radius 3 is 2.53 bits per heavy atom. The van der Waals surface area contributed by atoms with Gasteiger partial charge in [0.05, 0.1) is 27.8 Å². The number of non-ortho nitro benzene ring substituents is 1. The molecule has 0 radical (unpaired) electrons. The fourth-order valence-corrected chi connectivity index (χ4v) is 6.95. The van der Waals surface area contributed by atoms with E-state index in [4.69, 9.17) is 9.73 Å². The number of likely N-dealkylation sites (N-methyl/N-ethyl adjacent to an activating group) is 1. The number of anilines is 1. The largest absolute Gasteiger partial charge is 0.496 e. The van der Waals surface area contributed by atoms with Crippen molar-refractivity contribution in [1.29, 1.82) is 0 Å². The van der Waals surface area contributed by atoms with Crippen LogP contribution in [0.4, 0.5) is 11.4 Å². The smallest absolute Gasteiger partial charge is 0.271 e. The predicted octanol–water partition coefficient (Wildman–Crippen LogP) is 4.26. The number of nitro groups is 1. The third kappa shape index (κ3) is 5.73. The highest BCUT2D eigenvalue weighted by molar-refractivity contribution is 7.07. The van der Waals surface area contributed by atoms with Gasteiger partial charge in [-0.1, -0.05) is 36.5 Å². The highest BCUT2D eigenvalue weighted by Gasteiger charge is 2.35. The van der Waals surface area contributed by atoms with Crippen LogP contribution in [0.2, 0.25) is 0 Å². The van der Waals surface area contributed by atoms with Crippen LogP contribution in [0.3, 0.4) is 0 Å². The Labute approximate surface area is 254 Å². The summed E-state index contributed by atoms with van der Waals surface area (Å²) in [6.07, 6.45) is 3.79. The zero-order chi connectivity index (χ0) is 30.8. The first kappa shape index (κ1) is 30.2. The first-order valence-corrected chi connectivity index (χ1v) is 15.5. The fourth-order valence-electron chi connectivity index (χ4n) is 5.91. The lowest BCUT2D eigenvalue weighted by Gasteiger charge is -2.33. The molecule has 0 saturated carbocycles. The summed E-state index contributed by atoms with van der Waals surface area (Å²) in [4.78, 5) is 48.6. The lowest BCUT2D eigenvalue weighted by Crippen LogP contribution is -2.43. The Morgan fingerprint density at radius 2 is 1.88 bits per heavy atom. The van der Waals surface area contributed by atoms with Gasteiger partial charge in [-0.25, -0.2) is 4.99 Å². The number of fused-ring (bicyclic) bond motifs is 1. The van der Waals surface area contributed by atoms with E-state index in [0.29, 0.717) is 56.5 Å². The van der Waals surface area contributed by atoms with Crippen molar-refractivity contribution < 1.29 is 14.5 Å². The Bertz CT molecular complexity index is 1760. The van der Waals surface area contributed by atoms with Gasteiger partial charge >= 0.3 is 0 Å². The molecule has 5 rings (SSSR count). The van der Waals surface area contributed by atoms with Crippen molar-refractivity contribution in [3.05, 3.63) is 94.7 Å². The summed E-state index contributed by atoms with van der Waals surface area (Å²) in [6, 6.07) is 11.5. The molecule has 1 atom stereocenters. The maximum absolute atomic E-state index is 14.3. The van der Waals surface area contributed by atoms with E-state index in [1.807, 2.05) is 38.1 Å². The van der Waals surface area contributed by atoms with Crippen LogP contribution in [-0.4, -0.2) is 53.6 Å². The summed E-state index contributed by atoms with van der Waals surface area (Å²) >= 11 is 1.22. The minimum absolute atomic E-state index is 0.0389. The van der Waals surface area contributed by atoms with E-state index in [1.54, 1.807) is 35.6 Å². The van der Waals surface area contributed by atoms with E-state index < -0.39 is 11.0 Å². The quantitative estimate of drug-likeness (QED) is 0.281. The van der Waals surface area contributed by atoms with Gasteiger partial charge in [0.25, 0.3) is 17.2 Å². The lowest BCUT2D eigenvalue weighted by molar-refractivity contribution is -0.384. The number of hydrogen-bond acceptors (Lipinski definition) is 8. The van der Waals surface area contributed by atoms with Gasteiger partial charge in [0.1, 0.15) is 11.8 Å². The minimum atomic E-state index is -0.754. The number of nitro benzene ring substituents is 1. The van der Waals surface area contributed by atoms with Gasteiger partial charge in [-0.2, -0.15) is 0 Å². The van der Waals surface area contributed by atoms with E-state index in [0.717, 1.165) is 31.6 Å². The van der Waals surface area contributed by atoms with Gasteiger partial charge in [-0.3, -0.25) is 24.3 Å². The molecule has 1 aromatic heterocycles. The predicted molar refractivity (Wildman–Crippen MR) is 168 cm³/mol. The van der Waals surface area contributed by atoms with E-state index in [1.165, 1.54) is 23.5 Å². The van der Waals surface area contributed by atoms with Crippen LogP contribution in [0.25, 0.3) is 6.08 Å². The maximum Gasteiger partial charge on any atom is 0.271 e. The van der Waals surface area contributed by atoms with Gasteiger partial charge in [-0.05, 0) is 57.7 Å².